The second-order valence-corrected chi connectivity index (χ2v) is 33.1. The fraction of sp³-hybridized carbons (Fsp3) is 0.360. The molecule has 0 saturated carbocycles. The number of nitrogens with one attached hydrogen (secondary N) is 1. The summed E-state index contributed by atoms with van der Waals surface area (Å²) in [7, 11) is 1.59. The standard InChI is InChI=1S/C100H106Cl3NO21/c1-5-55-109-96-91(117-63-76-47-29-13-30-48-76)88(116-62-75-45-27-12-28-46-75)89(90(123-96)94(105)118-65-77-49-31-14-32-50-77)122-97-93(87(114-61-74-43-25-11-26-44-74)83(67(2)119-97)111-58-71-37-19-8-20-38-71)125-98-92(86(115-64-78-51-53-79(107-4)54-52-78)82(68(3)120-98)110-57-70-35-17-7-18-36-70)124-95-81(104-99(106)100(101,102)103)85(113-60-73-41-23-10-24-42-73)84(112-59-72-39-21-9-22-40-72)80(121-95)66-108-56-69-33-15-6-16-34-69/h5-54,67-68,80-93,95-98H,1,55-66H2,2-4H3,(H,104,106)/t67-,68-,80+,81+,82-,83-,84-,85+,86+,87+,88-,89+,90-,91+,92+,93+,95-,96+,97-,98-/m0/s1. The molecule has 4 aliphatic rings. The zero-order chi connectivity index (χ0) is 86.5. The Morgan fingerprint density at radius 1 is 0.344 bits per heavy atom. The summed E-state index contributed by atoms with van der Waals surface area (Å²) in [5.41, 5.74) is 7.92. The lowest BCUT2D eigenvalue weighted by Gasteiger charge is -2.52. The molecule has 0 aromatic heterocycles. The first-order chi connectivity index (χ1) is 61.2. The van der Waals surface area contributed by atoms with E-state index in [0.29, 0.717) is 11.3 Å². The van der Waals surface area contributed by atoms with Crippen molar-refractivity contribution in [2.75, 3.05) is 20.3 Å². The number of benzene rings is 10. The van der Waals surface area contributed by atoms with Crippen LogP contribution in [0.15, 0.2) is 310 Å². The number of esters is 1. The molecule has 4 saturated heterocycles. The van der Waals surface area contributed by atoms with Gasteiger partial charge in [0.15, 0.2) is 31.3 Å². The zero-order valence-electron chi connectivity index (χ0n) is 69.8. The molecule has 658 valence electrons. The quantitative estimate of drug-likeness (QED) is 0.0213. The first-order valence-corrected chi connectivity index (χ1v) is 43.2. The first kappa shape index (κ1) is 92.1. The molecule has 125 heavy (non-hydrogen) atoms. The van der Waals surface area contributed by atoms with Gasteiger partial charge in [-0.2, -0.15) is 0 Å². The van der Waals surface area contributed by atoms with Crippen molar-refractivity contribution in [2.24, 2.45) is 0 Å². The Morgan fingerprint density at radius 3 is 1.04 bits per heavy atom. The lowest BCUT2D eigenvalue weighted by molar-refractivity contribution is -0.405. The normalized spacial score (nSPS) is 26.3. The second-order valence-electron chi connectivity index (χ2n) is 30.9. The van der Waals surface area contributed by atoms with Crippen LogP contribution in [0.1, 0.15) is 69.5 Å². The van der Waals surface area contributed by atoms with E-state index in [9.17, 15) is 0 Å². The summed E-state index contributed by atoms with van der Waals surface area (Å²) in [6.45, 7) is 7.55. The van der Waals surface area contributed by atoms with Gasteiger partial charge in [-0.1, -0.05) is 326 Å². The highest BCUT2D eigenvalue weighted by molar-refractivity contribution is 6.76. The van der Waals surface area contributed by atoms with Gasteiger partial charge < -0.3 is 95.3 Å². The van der Waals surface area contributed by atoms with Crippen LogP contribution >= 0.6 is 34.8 Å². The molecule has 0 bridgehead atoms. The third-order valence-corrected chi connectivity index (χ3v) is 22.4. The van der Waals surface area contributed by atoms with Crippen LogP contribution in [0.2, 0.25) is 0 Å². The molecule has 20 atom stereocenters. The van der Waals surface area contributed by atoms with E-state index < -0.39 is 138 Å². The number of halogens is 3. The summed E-state index contributed by atoms with van der Waals surface area (Å²) in [6, 6.07) is 92.2. The topological polar surface area (TPSA) is 222 Å². The van der Waals surface area contributed by atoms with Gasteiger partial charge >= 0.3 is 5.97 Å². The lowest BCUT2D eigenvalue weighted by atomic mass is 9.94. The van der Waals surface area contributed by atoms with Gasteiger partial charge in [-0.3, -0.25) is 4.79 Å². The summed E-state index contributed by atoms with van der Waals surface area (Å²) in [5, 5.41) is 3.03. The maximum absolute atomic E-state index is 15.8. The molecule has 4 fully saturated rings. The lowest BCUT2D eigenvalue weighted by Crippen LogP contribution is -2.70. The third-order valence-electron chi connectivity index (χ3n) is 21.9. The van der Waals surface area contributed by atoms with Gasteiger partial charge in [0.05, 0.1) is 92.0 Å². The number of methoxy groups -OCH3 is 1. The average Bonchev–Trinajstić information content (AvgIpc) is 0.756. The number of hydrogen-bond donors (Lipinski definition) is 1. The van der Waals surface area contributed by atoms with Gasteiger partial charge in [-0.05, 0) is 81.6 Å². The number of alkyl halides is 3. The zero-order valence-corrected chi connectivity index (χ0v) is 72.1. The van der Waals surface area contributed by atoms with Gasteiger partial charge in [0.1, 0.15) is 91.6 Å². The molecule has 4 aliphatic heterocycles. The van der Waals surface area contributed by atoms with E-state index in [2.05, 4.69) is 11.9 Å². The van der Waals surface area contributed by atoms with Crippen LogP contribution < -0.4 is 10.1 Å². The molecule has 0 unspecified atom stereocenters. The third kappa shape index (κ3) is 26.3. The molecule has 1 N–H and O–H groups in total. The minimum absolute atomic E-state index is 0.0194. The van der Waals surface area contributed by atoms with Crippen molar-refractivity contribution >= 4 is 46.7 Å². The van der Waals surface area contributed by atoms with E-state index in [-0.39, 0.29) is 79.3 Å². The van der Waals surface area contributed by atoms with Crippen LogP contribution in [0.5, 0.6) is 5.75 Å². The van der Waals surface area contributed by atoms with Crippen molar-refractivity contribution in [3.63, 3.8) is 0 Å². The number of carbonyl (C=O) groups is 2. The van der Waals surface area contributed by atoms with Crippen molar-refractivity contribution < 1.29 is 99.6 Å². The van der Waals surface area contributed by atoms with E-state index in [4.69, 9.17) is 125 Å². The summed E-state index contributed by atoms with van der Waals surface area (Å²) < 4.78 is 133. The van der Waals surface area contributed by atoms with Gasteiger partial charge in [0.25, 0.3) is 9.70 Å². The number of carbonyl (C=O) groups excluding carboxylic acids is 2. The maximum Gasteiger partial charge on any atom is 0.338 e. The summed E-state index contributed by atoms with van der Waals surface area (Å²) >= 11 is 20.1. The molecule has 0 radical (unpaired) electrons. The average molecular weight is 1760 g/mol. The Labute approximate surface area is 745 Å². The Hall–Kier alpha value is -9.13. The van der Waals surface area contributed by atoms with Crippen LogP contribution in [0, 0.1) is 0 Å². The molecule has 14 rings (SSSR count). The minimum Gasteiger partial charge on any atom is -0.497 e. The number of ether oxygens (including phenoxy) is 19. The van der Waals surface area contributed by atoms with E-state index in [0.717, 1.165) is 50.1 Å². The van der Waals surface area contributed by atoms with Gasteiger partial charge in [0.2, 0.25) is 0 Å². The second kappa shape index (κ2) is 47.1. The SMILES string of the molecule is C=CCO[C@@H]1O[C@H](C(=O)OCc2ccccc2)[C@H](O[C@@H]2O[C@@H](C)[C@H](OCc3ccccc3)[C@@H](OCc3ccccc3)[C@H]2O[C@@H]2O[C@@H](C)[C@H](OCc3ccccc3)[C@@H](OCc3ccc(OC)cc3)[C@H]2O[C@@H]2O[C@H](COCc3ccccc3)[C@H](OCc3ccccc3)[C@H](OCc3ccccc3)[C@H]2NC(=O)C(Cl)(Cl)Cl)[C@H](OCc2ccccc2)[C@H]1OCc1ccccc1. The van der Waals surface area contributed by atoms with E-state index in [1.165, 1.54) is 0 Å². The van der Waals surface area contributed by atoms with Crippen LogP contribution in [-0.2, 0) is 161 Å². The fourth-order valence-corrected chi connectivity index (χ4v) is 15.6. The Bertz CT molecular complexity index is 4800. The largest absolute Gasteiger partial charge is 0.497 e. The summed E-state index contributed by atoms with van der Waals surface area (Å²) in [6.07, 6.45) is -23.4. The molecule has 4 heterocycles. The Morgan fingerprint density at radius 2 is 0.664 bits per heavy atom. The first-order valence-electron chi connectivity index (χ1n) is 42.0. The molecule has 0 aliphatic carbocycles. The van der Waals surface area contributed by atoms with Gasteiger partial charge in [-0.15, -0.1) is 6.58 Å². The molecular formula is C100H106Cl3NO21. The molecule has 22 nitrogen and oxygen atoms in total. The van der Waals surface area contributed by atoms with Crippen molar-refractivity contribution in [3.05, 3.63) is 366 Å². The minimum atomic E-state index is -2.58. The molecule has 0 spiro atoms. The molecule has 10 aromatic carbocycles. The van der Waals surface area contributed by atoms with Crippen molar-refractivity contribution in [1.82, 2.24) is 5.32 Å². The molecule has 25 heteroatoms. The van der Waals surface area contributed by atoms with Gasteiger partial charge in [0, 0.05) is 0 Å². The molecular weight excluding hydrogens is 1660 g/mol. The van der Waals surface area contributed by atoms with E-state index in [1.54, 1.807) is 13.2 Å². The molecule has 1 amide bonds. The smallest absolute Gasteiger partial charge is 0.338 e. The van der Waals surface area contributed by atoms with Crippen LogP contribution in [0.4, 0.5) is 0 Å². The predicted molar refractivity (Wildman–Crippen MR) is 468 cm³/mol. The van der Waals surface area contributed by atoms with E-state index in [1.807, 2.05) is 311 Å². The van der Waals surface area contributed by atoms with Crippen molar-refractivity contribution in [3.8, 4) is 5.75 Å². The van der Waals surface area contributed by atoms with Crippen molar-refractivity contribution in [2.45, 2.75) is 206 Å². The fourth-order valence-electron chi connectivity index (χ4n) is 15.5. The summed E-state index contributed by atoms with van der Waals surface area (Å²) in [4.78, 5) is 30.8. The Kier molecular flexibility index (Phi) is 34.7. The van der Waals surface area contributed by atoms with Crippen molar-refractivity contribution in [1.29, 1.82) is 0 Å². The Balaban J connectivity index is 0.948. The highest BCUT2D eigenvalue weighted by Gasteiger charge is 2.60. The maximum atomic E-state index is 15.8. The van der Waals surface area contributed by atoms with Crippen LogP contribution in [0.25, 0.3) is 0 Å². The van der Waals surface area contributed by atoms with Gasteiger partial charge in [-0.25, -0.2) is 4.79 Å². The monoisotopic (exact) mass is 1760 g/mol. The summed E-state index contributed by atoms with van der Waals surface area (Å²) in [5.74, 6) is -1.29. The highest BCUT2D eigenvalue weighted by Crippen LogP contribution is 2.42. The predicted octanol–water partition coefficient (Wildman–Crippen LogP) is 16.8. The highest BCUT2D eigenvalue weighted by atomic mass is 35.6. The number of amides is 1. The van der Waals surface area contributed by atoms with Crippen LogP contribution in [0.3, 0.4) is 0 Å². The number of hydrogen-bond acceptors (Lipinski definition) is 21. The van der Waals surface area contributed by atoms with Crippen LogP contribution in [-0.4, -0.2) is 159 Å². The number of rotatable bonds is 42. The van der Waals surface area contributed by atoms with E-state index >= 15 is 9.59 Å². The molecule has 10 aromatic rings.